The molecule has 0 spiro atoms. The van der Waals surface area contributed by atoms with Crippen LogP contribution in [0.4, 0.5) is 0 Å². The first-order chi connectivity index (χ1) is 16.5. The Morgan fingerprint density at radius 1 is 1.12 bits per heavy atom. The fourth-order valence-corrected chi connectivity index (χ4v) is 4.32. The number of unbranched alkanes of at least 4 members (excludes halogenated alkanes) is 1. The molecule has 1 N–H and O–H groups in total. The third-order valence-corrected chi connectivity index (χ3v) is 6.22. The molecule has 3 rings (SSSR count). The second-order valence-electron chi connectivity index (χ2n) is 8.01. The third-order valence-electron chi connectivity index (χ3n) is 5.84. The highest BCUT2D eigenvalue weighted by Crippen LogP contribution is 2.38. The molecule has 7 nitrogen and oxygen atoms in total. The van der Waals surface area contributed by atoms with Crippen LogP contribution >= 0.6 is 12.2 Å². The van der Waals surface area contributed by atoms with Gasteiger partial charge in [-0.25, -0.2) is 4.79 Å². The van der Waals surface area contributed by atoms with E-state index >= 15 is 0 Å². The number of fused-ring (bicyclic) bond motifs is 1. The van der Waals surface area contributed by atoms with Crippen molar-refractivity contribution in [3.8, 4) is 17.2 Å². The Labute approximate surface area is 207 Å². The molecule has 0 unspecified atom stereocenters. The molecule has 1 atom stereocenters. The Morgan fingerprint density at radius 3 is 2.47 bits per heavy atom. The van der Waals surface area contributed by atoms with Crippen LogP contribution in [0, 0.1) is 0 Å². The maximum atomic E-state index is 11.9. The maximum absolute atomic E-state index is 11.9. The van der Waals surface area contributed by atoms with E-state index in [1.54, 1.807) is 45.4 Å². The van der Waals surface area contributed by atoms with Gasteiger partial charge < -0.3 is 29.2 Å². The monoisotopic (exact) mass is 486 g/mol. The number of carbonyl (C=O) groups is 1. The number of esters is 1. The molecule has 2 aromatic carbocycles. The zero-order valence-corrected chi connectivity index (χ0v) is 21.2. The van der Waals surface area contributed by atoms with Gasteiger partial charge in [-0.1, -0.05) is 13.3 Å². The Bertz CT molecular complexity index is 980. The molecule has 8 heteroatoms. The van der Waals surface area contributed by atoms with E-state index in [9.17, 15) is 4.79 Å². The van der Waals surface area contributed by atoms with Gasteiger partial charge >= 0.3 is 5.97 Å². The highest BCUT2D eigenvalue weighted by atomic mass is 32.1. The molecule has 0 saturated heterocycles. The molecule has 0 saturated carbocycles. The number of rotatable bonds is 10. The van der Waals surface area contributed by atoms with E-state index in [-0.39, 0.29) is 12.0 Å². The first-order valence-electron chi connectivity index (χ1n) is 11.7. The molecule has 1 aliphatic rings. The van der Waals surface area contributed by atoms with E-state index < -0.39 is 0 Å². The summed E-state index contributed by atoms with van der Waals surface area (Å²) in [5.41, 5.74) is 2.79. The van der Waals surface area contributed by atoms with E-state index in [4.69, 9.17) is 31.2 Å². The Kier molecular flexibility index (Phi) is 9.39. The van der Waals surface area contributed by atoms with Gasteiger partial charge in [0.1, 0.15) is 12.4 Å². The van der Waals surface area contributed by atoms with E-state index in [0.717, 1.165) is 43.0 Å². The van der Waals surface area contributed by atoms with Crippen LogP contribution < -0.4 is 19.5 Å². The van der Waals surface area contributed by atoms with Gasteiger partial charge in [-0.15, -0.1) is 0 Å². The van der Waals surface area contributed by atoms with Crippen molar-refractivity contribution in [1.82, 2.24) is 10.2 Å². The molecular formula is C26H34N2O5S. The Morgan fingerprint density at radius 2 is 1.82 bits per heavy atom. The molecule has 34 heavy (non-hydrogen) atoms. The first-order valence-corrected chi connectivity index (χ1v) is 12.1. The van der Waals surface area contributed by atoms with Crippen molar-refractivity contribution in [3.05, 3.63) is 53.1 Å². The summed E-state index contributed by atoms with van der Waals surface area (Å²) in [6.07, 6.45) is 3.00. The van der Waals surface area contributed by atoms with Gasteiger partial charge in [0.15, 0.2) is 16.6 Å². The van der Waals surface area contributed by atoms with Crippen LogP contribution in [0.25, 0.3) is 0 Å². The van der Waals surface area contributed by atoms with Crippen molar-refractivity contribution in [2.24, 2.45) is 0 Å². The Hall–Kier alpha value is -3.00. The molecule has 0 aliphatic carbocycles. The fourth-order valence-electron chi connectivity index (χ4n) is 4.00. The maximum Gasteiger partial charge on any atom is 0.338 e. The van der Waals surface area contributed by atoms with E-state index in [0.29, 0.717) is 36.0 Å². The number of methoxy groups -OCH3 is 2. The van der Waals surface area contributed by atoms with Crippen LogP contribution in [0.3, 0.4) is 0 Å². The lowest BCUT2D eigenvalue weighted by Crippen LogP contribution is -2.47. The SMILES string of the molecule is CCCCNC(=S)N1CCc2cc(OC)c(OC)cc2[C@@H]1COc1ccc(C(=O)OCC)cc1. The van der Waals surface area contributed by atoms with Gasteiger partial charge in [-0.3, -0.25) is 0 Å². The smallest absolute Gasteiger partial charge is 0.338 e. The number of nitrogens with one attached hydrogen (secondary N) is 1. The van der Waals surface area contributed by atoms with Gasteiger partial charge in [-0.05, 0) is 79.5 Å². The van der Waals surface area contributed by atoms with Gasteiger partial charge in [0.25, 0.3) is 0 Å². The normalized spacial score (nSPS) is 14.7. The van der Waals surface area contributed by atoms with E-state index in [1.165, 1.54) is 5.56 Å². The number of ether oxygens (including phenoxy) is 4. The van der Waals surface area contributed by atoms with E-state index in [1.807, 2.05) is 12.1 Å². The fraction of sp³-hybridized carbons (Fsp3) is 0.462. The Balaban J connectivity index is 1.83. The van der Waals surface area contributed by atoms with Crippen molar-refractivity contribution in [2.75, 3.05) is 40.5 Å². The minimum Gasteiger partial charge on any atom is -0.493 e. The number of hydrogen-bond acceptors (Lipinski definition) is 6. The van der Waals surface area contributed by atoms with Gasteiger partial charge in [0, 0.05) is 13.1 Å². The van der Waals surface area contributed by atoms with Crippen molar-refractivity contribution in [2.45, 2.75) is 39.2 Å². The molecule has 1 heterocycles. The molecule has 0 radical (unpaired) electrons. The van der Waals surface area contributed by atoms with Crippen LogP contribution in [-0.4, -0.2) is 56.5 Å². The van der Waals surface area contributed by atoms with Gasteiger partial charge in [0.2, 0.25) is 0 Å². The summed E-state index contributed by atoms with van der Waals surface area (Å²) in [5.74, 6) is 1.72. The second kappa shape index (κ2) is 12.5. The van der Waals surface area contributed by atoms with Crippen molar-refractivity contribution >= 4 is 23.3 Å². The molecule has 2 aromatic rings. The summed E-state index contributed by atoms with van der Waals surface area (Å²) in [7, 11) is 3.28. The summed E-state index contributed by atoms with van der Waals surface area (Å²) in [6, 6.07) is 11.0. The van der Waals surface area contributed by atoms with Crippen molar-refractivity contribution < 1.29 is 23.7 Å². The summed E-state index contributed by atoms with van der Waals surface area (Å²) in [5, 5.41) is 4.11. The quantitative estimate of drug-likeness (QED) is 0.298. The van der Waals surface area contributed by atoms with Crippen LogP contribution in [0.2, 0.25) is 0 Å². The van der Waals surface area contributed by atoms with Gasteiger partial charge in [0.05, 0.1) is 32.4 Å². The second-order valence-corrected chi connectivity index (χ2v) is 8.39. The highest BCUT2D eigenvalue weighted by molar-refractivity contribution is 7.80. The molecule has 0 bridgehead atoms. The number of nitrogens with zero attached hydrogens (tertiary/aromatic N) is 1. The lowest BCUT2D eigenvalue weighted by molar-refractivity contribution is 0.0526. The first kappa shape index (κ1) is 25.6. The lowest BCUT2D eigenvalue weighted by Gasteiger charge is -2.39. The van der Waals surface area contributed by atoms with Crippen LogP contribution in [0.5, 0.6) is 17.2 Å². The van der Waals surface area contributed by atoms with Crippen LogP contribution in [0.1, 0.15) is 54.2 Å². The summed E-state index contributed by atoms with van der Waals surface area (Å²) in [4.78, 5) is 14.1. The zero-order chi connectivity index (χ0) is 24.5. The number of benzene rings is 2. The van der Waals surface area contributed by atoms with Crippen LogP contribution in [0.15, 0.2) is 36.4 Å². The summed E-state index contributed by atoms with van der Waals surface area (Å²) in [6.45, 7) is 6.29. The average Bonchev–Trinajstić information content (AvgIpc) is 2.86. The number of thiocarbonyl (C=S) groups is 1. The van der Waals surface area contributed by atoms with Crippen LogP contribution in [-0.2, 0) is 11.2 Å². The lowest BCUT2D eigenvalue weighted by atomic mass is 9.92. The molecular weight excluding hydrogens is 452 g/mol. The summed E-state index contributed by atoms with van der Waals surface area (Å²) >= 11 is 5.76. The number of hydrogen-bond donors (Lipinski definition) is 1. The topological polar surface area (TPSA) is 69.3 Å². The molecule has 1 aliphatic heterocycles. The largest absolute Gasteiger partial charge is 0.493 e. The predicted molar refractivity (Wildman–Crippen MR) is 136 cm³/mol. The van der Waals surface area contributed by atoms with Gasteiger partial charge in [-0.2, -0.15) is 0 Å². The standard InChI is InChI=1S/C26H34N2O5S/c1-5-7-13-27-26(34)28-14-12-19-15-23(30-3)24(31-4)16-21(19)22(28)17-33-20-10-8-18(9-11-20)25(29)32-6-2/h8-11,15-16,22H,5-7,12-14,17H2,1-4H3,(H,27,34)/t22-/m0/s1. The van der Waals surface area contributed by atoms with Crippen molar-refractivity contribution in [3.63, 3.8) is 0 Å². The minimum absolute atomic E-state index is 0.102. The molecule has 0 amide bonds. The van der Waals surface area contributed by atoms with Crippen molar-refractivity contribution in [1.29, 1.82) is 0 Å². The predicted octanol–water partition coefficient (Wildman–Crippen LogP) is 4.53. The molecule has 184 valence electrons. The zero-order valence-electron chi connectivity index (χ0n) is 20.4. The summed E-state index contributed by atoms with van der Waals surface area (Å²) < 4.78 is 22.3. The highest BCUT2D eigenvalue weighted by Gasteiger charge is 2.31. The van der Waals surface area contributed by atoms with E-state index in [2.05, 4.69) is 17.1 Å². The minimum atomic E-state index is -0.342. The molecule has 0 aromatic heterocycles. The molecule has 0 fully saturated rings. The number of carbonyl (C=O) groups excluding carboxylic acids is 1. The average molecular weight is 487 g/mol. The third kappa shape index (κ3) is 6.11.